The van der Waals surface area contributed by atoms with Gasteiger partial charge in [-0.1, -0.05) is 17.7 Å². The number of hydrogen-bond acceptors (Lipinski definition) is 6. The van der Waals surface area contributed by atoms with Crippen LogP contribution in [-0.4, -0.2) is 32.4 Å². The van der Waals surface area contributed by atoms with E-state index in [4.69, 9.17) is 16.3 Å². The molecule has 0 saturated carbocycles. The van der Waals surface area contributed by atoms with Crippen molar-refractivity contribution in [3.05, 3.63) is 87.9 Å². The molecule has 0 bridgehead atoms. The summed E-state index contributed by atoms with van der Waals surface area (Å²) in [5, 5.41) is 13.8. The van der Waals surface area contributed by atoms with E-state index in [2.05, 4.69) is 5.32 Å². The van der Waals surface area contributed by atoms with Crippen LogP contribution in [0.3, 0.4) is 0 Å². The number of benzene rings is 3. The van der Waals surface area contributed by atoms with Crippen molar-refractivity contribution in [3.63, 3.8) is 0 Å². The Kier molecular flexibility index (Phi) is 7.52. The molecule has 0 aliphatic carbocycles. The van der Waals surface area contributed by atoms with Crippen molar-refractivity contribution >= 4 is 44.6 Å². The summed E-state index contributed by atoms with van der Waals surface area (Å²) in [6.45, 7) is 1.70. The Morgan fingerprint density at radius 1 is 1.09 bits per heavy atom. The Balaban J connectivity index is 1.92. The number of ether oxygens (including phenoxy) is 1. The highest BCUT2D eigenvalue weighted by atomic mass is 35.5. The van der Waals surface area contributed by atoms with Gasteiger partial charge < -0.3 is 10.1 Å². The maximum atomic E-state index is 13.4. The minimum atomic E-state index is -4.14. The fraction of sp³-hybridized carbons (Fsp3) is 0.136. The van der Waals surface area contributed by atoms with Crippen molar-refractivity contribution in [1.29, 1.82) is 0 Å². The van der Waals surface area contributed by atoms with Crippen LogP contribution in [0.1, 0.15) is 6.92 Å². The van der Waals surface area contributed by atoms with E-state index in [0.29, 0.717) is 17.4 Å². The number of nitrogens with zero attached hydrogens (tertiary/aromatic N) is 2. The van der Waals surface area contributed by atoms with E-state index in [0.717, 1.165) is 4.31 Å². The Hall–Kier alpha value is -3.63. The molecule has 172 valence electrons. The maximum absolute atomic E-state index is 13.4. The van der Waals surface area contributed by atoms with Gasteiger partial charge in [0.15, 0.2) is 0 Å². The predicted molar refractivity (Wildman–Crippen MR) is 125 cm³/mol. The van der Waals surface area contributed by atoms with Gasteiger partial charge in [0.05, 0.1) is 22.1 Å². The lowest BCUT2D eigenvalue weighted by molar-refractivity contribution is -0.384. The number of hydrogen-bond donors (Lipinski definition) is 1. The number of amides is 1. The zero-order chi connectivity index (χ0) is 24.0. The zero-order valence-corrected chi connectivity index (χ0v) is 19.0. The topological polar surface area (TPSA) is 119 Å². The molecule has 3 aromatic rings. The van der Waals surface area contributed by atoms with E-state index in [-0.39, 0.29) is 22.0 Å². The van der Waals surface area contributed by atoms with Crippen LogP contribution in [0.15, 0.2) is 77.7 Å². The summed E-state index contributed by atoms with van der Waals surface area (Å²) < 4.78 is 33.1. The average Bonchev–Trinajstić information content (AvgIpc) is 2.79. The van der Waals surface area contributed by atoms with E-state index < -0.39 is 27.4 Å². The van der Waals surface area contributed by atoms with Crippen molar-refractivity contribution in [2.45, 2.75) is 11.8 Å². The number of non-ortho nitro benzene ring substituents is 1. The molecule has 0 saturated heterocycles. The minimum Gasteiger partial charge on any atom is -0.494 e. The van der Waals surface area contributed by atoms with E-state index in [1.54, 1.807) is 12.1 Å². The third kappa shape index (κ3) is 5.99. The standard InChI is InChI=1S/C22H20ClN3O6S/c1-2-32-20-10-8-18(9-11-20)25(33(30,31)21-12-6-16(23)7-13-21)15-22(27)24-17-4-3-5-19(14-17)26(28)29/h3-14H,2,15H2,1H3,(H,24,27). The van der Waals surface area contributed by atoms with Crippen LogP contribution in [0.2, 0.25) is 5.02 Å². The van der Waals surface area contributed by atoms with Crippen LogP contribution in [0.5, 0.6) is 5.75 Å². The summed E-state index contributed by atoms with van der Waals surface area (Å²) in [5.41, 5.74) is 0.206. The van der Waals surface area contributed by atoms with Gasteiger partial charge >= 0.3 is 0 Å². The SMILES string of the molecule is CCOc1ccc(N(CC(=O)Nc2cccc([N+](=O)[O-])c2)S(=O)(=O)c2ccc(Cl)cc2)cc1. The van der Waals surface area contributed by atoms with Gasteiger partial charge in [0, 0.05) is 22.8 Å². The lowest BCUT2D eigenvalue weighted by Crippen LogP contribution is -2.38. The minimum absolute atomic E-state index is 0.0519. The van der Waals surface area contributed by atoms with Crippen LogP contribution < -0.4 is 14.4 Å². The van der Waals surface area contributed by atoms with Crippen LogP contribution in [0, 0.1) is 10.1 Å². The first kappa shape index (κ1) is 24.0. The molecule has 0 aliphatic rings. The predicted octanol–water partition coefficient (Wildman–Crippen LogP) is 4.48. The zero-order valence-electron chi connectivity index (χ0n) is 17.5. The second kappa shape index (κ2) is 10.3. The number of nitro groups is 1. The van der Waals surface area contributed by atoms with Crippen LogP contribution >= 0.6 is 11.6 Å². The highest BCUT2D eigenvalue weighted by Gasteiger charge is 2.27. The molecule has 0 fully saturated rings. The van der Waals surface area contributed by atoms with E-state index in [9.17, 15) is 23.3 Å². The molecule has 3 aromatic carbocycles. The van der Waals surface area contributed by atoms with Crippen LogP contribution in [-0.2, 0) is 14.8 Å². The summed E-state index contributed by atoms with van der Waals surface area (Å²) in [7, 11) is -4.14. The molecule has 1 N–H and O–H groups in total. The van der Waals surface area contributed by atoms with Gasteiger partial charge in [0.2, 0.25) is 5.91 Å². The van der Waals surface area contributed by atoms with Gasteiger partial charge in [0.25, 0.3) is 15.7 Å². The third-order valence-corrected chi connectivity index (χ3v) is 6.51. The number of nitro benzene ring substituents is 1. The third-order valence-electron chi connectivity index (χ3n) is 4.47. The average molecular weight is 490 g/mol. The highest BCUT2D eigenvalue weighted by Crippen LogP contribution is 2.27. The normalized spacial score (nSPS) is 11.0. The van der Waals surface area contributed by atoms with Gasteiger partial charge in [-0.3, -0.25) is 19.2 Å². The summed E-state index contributed by atoms with van der Waals surface area (Å²) in [6, 6.07) is 17.2. The Labute approximate surface area is 195 Å². The fourth-order valence-electron chi connectivity index (χ4n) is 2.95. The molecule has 3 rings (SSSR count). The molecule has 0 aliphatic heterocycles. The molecule has 0 atom stereocenters. The summed E-state index contributed by atoms with van der Waals surface area (Å²) >= 11 is 5.88. The molecular weight excluding hydrogens is 470 g/mol. The Morgan fingerprint density at radius 2 is 1.76 bits per heavy atom. The molecular formula is C22H20ClN3O6S. The molecule has 0 heterocycles. The number of anilines is 2. The van der Waals surface area contributed by atoms with Crippen molar-refractivity contribution in [1.82, 2.24) is 0 Å². The quantitative estimate of drug-likeness (QED) is 0.349. The van der Waals surface area contributed by atoms with Gasteiger partial charge in [-0.25, -0.2) is 8.42 Å². The van der Waals surface area contributed by atoms with E-state index >= 15 is 0 Å². The molecule has 33 heavy (non-hydrogen) atoms. The second-order valence-corrected chi connectivity index (χ2v) is 9.05. The summed E-state index contributed by atoms with van der Waals surface area (Å²) in [4.78, 5) is 23.1. The number of halogens is 1. The molecule has 1 amide bonds. The van der Waals surface area contributed by atoms with Crippen LogP contribution in [0.4, 0.5) is 17.1 Å². The number of carbonyl (C=O) groups excluding carboxylic acids is 1. The molecule has 11 heteroatoms. The molecule has 0 unspecified atom stereocenters. The highest BCUT2D eigenvalue weighted by molar-refractivity contribution is 7.92. The lowest BCUT2D eigenvalue weighted by Gasteiger charge is -2.24. The van der Waals surface area contributed by atoms with Crippen LogP contribution in [0.25, 0.3) is 0 Å². The molecule has 0 spiro atoms. The lowest BCUT2D eigenvalue weighted by atomic mass is 10.2. The number of sulfonamides is 1. The first-order chi connectivity index (χ1) is 15.7. The first-order valence-corrected chi connectivity index (χ1v) is 11.6. The van der Waals surface area contributed by atoms with Crippen molar-refractivity contribution in [2.24, 2.45) is 0 Å². The maximum Gasteiger partial charge on any atom is 0.271 e. The number of nitrogens with one attached hydrogen (secondary N) is 1. The summed E-state index contributed by atoms with van der Waals surface area (Å²) in [6.07, 6.45) is 0. The number of rotatable bonds is 9. The van der Waals surface area contributed by atoms with Gasteiger partial charge in [-0.2, -0.15) is 0 Å². The Bertz CT molecular complexity index is 1250. The second-order valence-electron chi connectivity index (χ2n) is 6.75. The van der Waals surface area contributed by atoms with Gasteiger partial charge in [0.1, 0.15) is 12.3 Å². The van der Waals surface area contributed by atoms with Crippen molar-refractivity contribution in [2.75, 3.05) is 22.8 Å². The largest absolute Gasteiger partial charge is 0.494 e. The number of carbonyl (C=O) groups is 1. The monoisotopic (exact) mass is 489 g/mol. The van der Waals surface area contributed by atoms with Gasteiger partial charge in [-0.15, -0.1) is 0 Å². The molecule has 9 nitrogen and oxygen atoms in total. The van der Waals surface area contributed by atoms with E-state index in [1.165, 1.54) is 60.7 Å². The van der Waals surface area contributed by atoms with Crippen molar-refractivity contribution < 1.29 is 22.9 Å². The summed E-state index contributed by atoms with van der Waals surface area (Å²) in [5.74, 6) is -0.131. The fourth-order valence-corrected chi connectivity index (χ4v) is 4.50. The smallest absolute Gasteiger partial charge is 0.271 e. The first-order valence-electron chi connectivity index (χ1n) is 9.76. The Morgan fingerprint density at radius 3 is 2.36 bits per heavy atom. The van der Waals surface area contributed by atoms with Crippen molar-refractivity contribution in [3.8, 4) is 5.75 Å². The molecule has 0 radical (unpaired) electrons. The van der Waals surface area contributed by atoms with Gasteiger partial charge in [-0.05, 0) is 61.5 Å². The van der Waals surface area contributed by atoms with E-state index in [1.807, 2.05) is 6.92 Å². The molecule has 0 aromatic heterocycles.